The Bertz CT molecular complexity index is 3350. The van der Waals surface area contributed by atoms with Crippen LogP contribution in [0.2, 0.25) is 30.9 Å². The predicted octanol–water partition coefficient (Wildman–Crippen LogP) is 13.7. The lowest BCUT2D eigenvalue weighted by Crippen LogP contribution is -2.31. The van der Waals surface area contributed by atoms with Gasteiger partial charge in [0, 0.05) is 94.3 Å². The van der Waals surface area contributed by atoms with Crippen LogP contribution in [-0.4, -0.2) is 104 Å². The topological polar surface area (TPSA) is 219 Å². The van der Waals surface area contributed by atoms with Crippen molar-refractivity contribution in [3.63, 3.8) is 0 Å². The number of alkyl halides is 1. The number of allylic oxidation sites excluding steroid dienone is 1. The van der Waals surface area contributed by atoms with Crippen molar-refractivity contribution >= 4 is 130 Å². The van der Waals surface area contributed by atoms with Crippen LogP contribution in [0.15, 0.2) is 119 Å². The normalized spacial score (nSPS) is 14.1. The second-order valence-corrected chi connectivity index (χ2v) is 20.1. The maximum atomic E-state index is 11.2. The number of esters is 2. The van der Waals surface area contributed by atoms with Crippen LogP contribution in [0.1, 0.15) is 79.7 Å². The highest BCUT2D eigenvalue weighted by Crippen LogP contribution is 2.33. The molecule has 0 amide bonds. The molecule has 1 aliphatic heterocycles. The summed E-state index contributed by atoms with van der Waals surface area (Å²) in [6.07, 6.45) is 27.2. The minimum absolute atomic E-state index is 0.102. The number of aliphatic hydroxyl groups excluding tert-OH is 1. The molecule has 0 aromatic carbocycles. The van der Waals surface area contributed by atoms with E-state index in [2.05, 4.69) is 66.4 Å². The first-order chi connectivity index (χ1) is 38.7. The van der Waals surface area contributed by atoms with E-state index in [0.29, 0.717) is 55.9 Å². The molecule has 0 bridgehead atoms. The van der Waals surface area contributed by atoms with Gasteiger partial charge in [-0.1, -0.05) is 111 Å². The van der Waals surface area contributed by atoms with Gasteiger partial charge in [-0.3, -0.25) is 9.69 Å². The van der Waals surface area contributed by atoms with Crippen LogP contribution in [-0.2, 0) is 44.7 Å². The van der Waals surface area contributed by atoms with E-state index in [1.54, 1.807) is 55.1 Å². The van der Waals surface area contributed by atoms with Crippen molar-refractivity contribution in [2.75, 3.05) is 46.3 Å². The monoisotopic (exact) mass is 1220 g/mol. The van der Waals surface area contributed by atoms with Crippen molar-refractivity contribution < 1.29 is 29.0 Å². The van der Waals surface area contributed by atoms with Gasteiger partial charge in [-0.15, -0.1) is 11.6 Å². The first kappa shape index (κ1) is 62.7. The van der Waals surface area contributed by atoms with Crippen LogP contribution in [0.25, 0.3) is 40.8 Å². The fourth-order valence-electron chi connectivity index (χ4n) is 8.47. The number of azide groups is 1. The number of pyridine rings is 6. The van der Waals surface area contributed by atoms with E-state index in [9.17, 15) is 14.4 Å². The molecule has 80 heavy (non-hydrogen) atoms. The molecule has 414 valence electrons. The molecule has 1 N–H and O–H groups in total. The van der Waals surface area contributed by atoms with E-state index in [-0.39, 0.29) is 28.6 Å². The molecule has 6 aromatic heterocycles. The molecule has 1 fully saturated rings. The van der Waals surface area contributed by atoms with E-state index >= 15 is 0 Å². The molecule has 23 heteroatoms. The molecule has 5 aliphatic rings. The summed E-state index contributed by atoms with van der Waals surface area (Å²) in [5.74, 6) is -0.472. The number of ether oxygens (including phenoxy) is 2. The Morgan fingerprint density at radius 2 is 1.06 bits per heavy atom. The standard InChI is InChI=1S/C14H17ClN2.C10H8ClNO2.C9H7Cl2N.C9H7ClN4O2.C9H8ClNO.C6H4ClNO/c15-14-13-9-11(8-12(13)4-5-16-14)10-17-6-2-1-3-7-17;1-14-10(13)7-4-6-2-3-12-9(11)8(6)5-7;10-5-6-3-7-1-2-12-9(11)8(7)4-6;1-16-9(15)7(13-14-11)5-6-3-2-4-12-8(6)10;10-9-8-4-6(5-12)3-7(8)1-2-11-9;7-6-5(4-9)2-1-3-8-6/h4-5,9H,1-3,6-8,10H2;2-3,5H,4H2,1H3;1-2,4H,3,5H2;2-5H,1H3;1-2,4,12H,3,5H2;1-4H/b;;;7-5-;;. The van der Waals surface area contributed by atoms with Gasteiger partial charge in [0.15, 0.2) is 6.29 Å². The van der Waals surface area contributed by atoms with Crippen molar-refractivity contribution in [1.82, 2.24) is 34.8 Å². The largest absolute Gasteiger partial charge is 0.466 e. The number of aldehydes is 1. The molecule has 1 saturated heterocycles. The van der Waals surface area contributed by atoms with E-state index in [1.165, 1.54) is 87.3 Å². The number of carbonyl (C=O) groups excluding carboxylic acids is 3. The summed E-state index contributed by atoms with van der Waals surface area (Å²) in [6, 6.07) is 14.4. The van der Waals surface area contributed by atoms with Gasteiger partial charge in [0.05, 0.1) is 26.4 Å². The maximum absolute atomic E-state index is 11.2. The lowest BCUT2D eigenvalue weighted by molar-refractivity contribution is -0.136. The Kier molecular flexibility index (Phi) is 25.1. The van der Waals surface area contributed by atoms with Crippen molar-refractivity contribution in [2.45, 2.75) is 44.9 Å². The summed E-state index contributed by atoms with van der Waals surface area (Å²) < 4.78 is 9.08. The molecule has 0 radical (unpaired) electrons. The molecule has 0 saturated carbocycles. The molecule has 0 atom stereocenters. The number of methoxy groups -OCH3 is 2. The minimum atomic E-state index is -0.738. The average Bonchev–Trinajstić information content (AvgIpc) is 4.34. The van der Waals surface area contributed by atoms with E-state index in [4.69, 9.17) is 91.8 Å². The Balaban J connectivity index is 0.000000156. The van der Waals surface area contributed by atoms with Crippen LogP contribution in [0.4, 0.5) is 0 Å². The number of nitrogens with zero attached hydrogens (tertiary/aromatic N) is 10. The Hall–Kier alpha value is -6.53. The fraction of sp³-hybridized carbons (Fsp3) is 0.246. The lowest BCUT2D eigenvalue weighted by Gasteiger charge is -2.26. The average molecular weight is 1220 g/mol. The van der Waals surface area contributed by atoms with Gasteiger partial charge in [-0.05, 0) is 139 Å². The number of hydrogen-bond acceptors (Lipinski definition) is 14. The highest BCUT2D eigenvalue weighted by atomic mass is 35.5. The summed E-state index contributed by atoms with van der Waals surface area (Å²) in [6.45, 7) is 3.70. The lowest BCUT2D eigenvalue weighted by atomic mass is 10.1. The van der Waals surface area contributed by atoms with Gasteiger partial charge in [0.2, 0.25) is 0 Å². The summed E-state index contributed by atoms with van der Waals surface area (Å²) >= 11 is 40.7. The zero-order valence-electron chi connectivity index (χ0n) is 43.1. The van der Waals surface area contributed by atoms with Crippen molar-refractivity contribution in [3.05, 3.63) is 211 Å². The van der Waals surface area contributed by atoms with Crippen LogP contribution in [0.3, 0.4) is 0 Å². The Labute approximate surface area is 497 Å². The first-order valence-corrected chi connectivity index (χ1v) is 27.3. The second-order valence-electron chi connectivity index (χ2n) is 17.7. The summed E-state index contributed by atoms with van der Waals surface area (Å²) in [7, 11) is 2.56. The molecule has 11 rings (SSSR count). The molecule has 0 spiro atoms. The molecular weight excluding hydrogens is 1170 g/mol. The second kappa shape index (κ2) is 32.1. The van der Waals surface area contributed by atoms with Crippen molar-refractivity contribution in [2.24, 2.45) is 5.11 Å². The number of halogens is 7. The van der Waals surface area contributed by atoms with Crippen LogP contribution in [0.5, 0.6) is 0 Å². The van der Waals surface area contributed by atoms with Crippen LogP contribution >= 0.6 is 81.2 Å². The molecule has 6 aromatic rings. The van der Waals surface area contributed by atoms with Gasteiger partial charge in [-0.2, -0.15) is 0 Å². The SMILES string of the molecule is COC(=O)/C(=C/c1cccnc1Cl)N=[N+]=[N-].COC(=O)C1=Cc2c(ccnc2Cl)C1.ClCC1=Cc2c(ccnc2Cl)C1.Clc1nccc2c1C=C(CN1CCCCC1)C2.O=Cc1cccnc1Cl.OCC1=Cc2c(ccnc2Cl)C1. The highest BCUT2D eigenvalue weighted by molar-refractivity contribution is 6.33. The number of piperidine rings is 1. The quantitative estimate of drug-likeness (QED) is 0.0208. The third kappa shape index (κ3) is 18.0. The molecule has 16 nitrogen and oxygen atoms in total. The smallest absolute Gasteiger partial charge is 0.340 e. The molecule has 7 heterocycles. The van der Waals surface area contributed by atoms with Crippen molar-refractivity contribution in [3.8, 4) is 0 Å². The van der Waals surface area contributed by atoms with Gasteiger partial charge < -0.3 is 14.6 Å². The molecule has 0 unspecified atom stereocenters. The van der Waals surface area contributed by atoms with Gasteiger partial charge in [-0.25, -0.2) is 39.5 Å². The maximum Gasteiger partial charge on any atom is 0.340 e. The summed E-state index contributed by atoms with van der Waals surface area (Å²) in [5, 5.41) is 14.8. The van der Waals surface area contributed by atoms with E-state index < -0.39 is 5.97 Å². The number of carbonyl (C=O) groups is 3. The number of fused-ring (bicyclic) bond motifs is 4. The number of hydrogen-bond donors (Lipinski definition) is 1. The molecular formula is C57H51Cl7N10O6. The number of rotatable bonds is 9. The molecule has 4 aliphatic carbocycles. The Morgan fingerprint density at radius 3 is 1.49 bits per heavy atom. The number of aliphatic hydroxyl groups is 1. The first-order valence-electron chi connectivity index (χ1n) is 24.5. The highest BCUT2D eigenvalue weighted by Gasteiger charge is 2.22. The van der Waals surface area contributed by atoms with Crippen LogP contribution in [0, 0.1) is 0 Å². The number of aromatic nitrogens is 6. The number of likely N-dealkylation sites (tertiary alicyclic amines) is 1. The zero-order chi connectivity index (χ0) is 57.6. The van der Waals surface area contributed by atoms with E-state index in [0.717, 1.165) is 64.8 Å². The van der Waals surface area contributed by atoms with Gasteiger partial charge in [0.1, 0.15) is 36.6 Å². The van der Waals surface area contributed by atoms with E-state index in [1.807, 2.05) is 30.4 Å². The summed E-state index contributed by atoms with van der Waals surface area (Å²) in [4.78, 5) is 61.2. The van der Waals surface area contributed by atoms with Crippen LogP contribution < -0.4 is 0 Å². The van der Waals surface area contributed by atoms with Crippen molar-refractivity contribution in [1.29, 1.82) is 0 Å². The fourth-order valence-corrected chi connectivity index (χ4v) is 9.91. The zero-order valence-corrected chi connectivity index (χ0v) is 48.4. The van der Waals surface area contributed by atoms with Gasteiger partial charge in [0.25, 0.3) is 0 Å². The third-order valence-electron chi connectivity index (χ3n) is 12.4. The third-order valence-corrected chi connectivity index (χ3v) is 14.5. The van der Waals surface area contributed by atoms with Gasteiger partial charge >= 0.3 is 11.9 Å². The minimum Gasteiger partial charge on any atom is -0.466 e. The summed E-state index contributed by atoms with van der Waals surface area (Å²) in [5.41, 5.74) is 22.0. The Morgan fingerprint density at radius 1 is 0.613 bits per heavy atom. The predicted molar refractivity (Wildman–Crippen MR) is 317 cm³/mol.